The van der Waals surface area contributed by atoms with Gasteiger partial charge in [0.15, 0.2) is 0 Å². The molecule has 3 nitrogen and oxygen atoms in total. The molecule has 3 atom stereocenters. The number of allylic oxidation sites excluding steroid dienone is 1. The molecule has 0 amide bonds. The average molecular weight is 386 g/mol. The summed E-state index contributed by atoms with van der Waals surface area (Å²) in [5, 5.41) is 0. The number of carbonyl (C=O) groups excluding carboxylic acids is 1. The third kappa shape index (κ3) is 4.84. The summed E-state index contributed by atoms with van der Waals surface area (Å²) in [6.45, 7) is 4.19. The number of esters is 1. The zero-order valence-electron chi connectivity index (χ0n) is 16.0. The minimum atomic E-state index is -0.354. The van der Waals surface area contributed by atoms with Crippen LogP contribution in [0.3, 0.4) is 0 Å². The standard InChI is InChI=1S/C23H24F2O3/c1-3-15(2)23(26)28-14-21-18(12-16-4-8-19(24)9-5-16)13-27-22(21)17-6-10-20(25)11-7-17/h3-11,18,21-22H,12-14H2,1-2H3/b15-3-/t18-,21-,22+/m0/s1. The van der Waals surface area contributed by atoms with Crippen LogP contribution in [0.1, 0.15) is 31.1 Å². The second-order valence-corrected chi connectivity index (χ2v) is 7.13. The number of rotatable bonds is 6. The third-order valence-electron chi connectivity index (χ3n) is 5.26. The van der Waals surface area contributed by atoms with Crippen molar-refractivity contribution in [3.63, 3.8) is 0 Å². The van der Waals surface area contributed by atoms with Crippen LogP contribution >= 0.6 is 0 Å². The molecule has 0 unspecified atom stereocenters. The molecule has 0 N–H and O–H groups in total. The summed E-state index contributed by atoms with van der Waals surface area (Å²) < 4.78 is 38.0. The monoisotopic (exact) mass is 386 g/mol. The number of carbonyl (C=O) groups is 1. The Labute approximate surface area is 164 Å². The van der Waals surface area contributed by atoms with Gasteiger partial charge < -0.3 is 9.47 Å². The maximum Gasteiger partial charge on any atom is 0.333 e. The number of ether oxygens (including phenoxy) is 2. The molecule has 1 heterocycles. The van der Waals surface area contributed by atoms with E-state index >= 15 is 0 Å². The summed E-state index contributed by atoms with van der Waals surface area (Å²) in [6.07, 6.45) is 2.11. The van der Waals surface area contributed by atoms with Crippen molar-refractivity contribution in [3.8, 4) is 0 Å². The highest BCUT2D eigenvalue weighted by atomic mass is 19.1. The van der Waals surface area contributed by atoms with Crippen LogP contribution < -0.4 is 0 Å². The lowest BCUT2D eigenvalue weighted by Gasteiger charge is -2.23. The van der Waals surface area contributed by atoms with E-state index in [1.165, 1.54) is 24.3 Å². The highest BCUT2D eigenvalue weighted by Crippen LogP contribution is 2.40. The summed E-state index contributed by atoms with van der Waals surface area (Å²) in [5.41, 5.74) is 2.40. The van der Waals surface area contributed by atoms with Crippen LogP contribution in [-0.2, 0) is 20.7 Å². The summed E-state index contributed by atoms with van der Waals surface area (Å²) >= 11 is 0. The minimum absolute atomic E-state index is 0.0795. The molecule has 1 aliphatic heterocycles. The largest absolute Gasteiger partial charge is 0.462 e. The lowest BCUT2D eigenvalue weighted by molar-refractivity contribution is -0.141. The zero-order chi connectivity index (χ0) is 20.1. The maximum atomic E-state index is 13.3. The first-order valence-corrected chi connectivity index (χ1v) is 9.39. The molecule has 0 spiro atoms. The van der Waals surface area contributed by atoms with Crippen molar-refractivity contribution < 1.29 is 23.0 Å². The smallest absolute Gasteiger partial charge is 0.333 e. The van der Waals surface area contributed by atoms with Crippen molar-refractivity contribution in [2.45, 2.75) is 26.4 Å². The van der Waals surface area contributed by atoms with Crippen LogP contribution in [0.25, 0.3) is 0 Å². The molecule has 3 rings (SSSR count). The van der Waals surface area contributed by atoms with Crippen LogP contribution in [0, 0.1) is 23.5 Å². The minimum Gasteiger partial charge on any atom is -0.462 e. The van der Waals surface area contributed by atoms with Crippen LogP contribution in [-0.4, -0.2) is 19.2 Å². The van der Waals surface area contributed by atoms with E-state index in [9.17, 15) is 13.6 Å². The molecule has 28 heavy (non-hydrogen) atoms. The van der Waals surface area contributed by atoms with Gasteiger partial charge in [-0.05, 0) is 61.6 Å². The molecular formula is C23H24F2O3. The van der Waals surface area contributed by atoms with Crippen molar-refractivity contribution in [2.24, 2.45) is 11.8 Å². The van der Waals surface area contributed by atoms with Gasteiger partial charge in [0, 0.05) is 11.5 Å². The summed E-state index contributed by atoms with van der Waals surface area (Å²) in [5.74, 6) is -0.921. The molecule has 2 aromatic rings. The van der Waals surface area contributed by atoms with E-state index in [2.05, 4.69) is 0 Å². The van der Waals surface area contributed by atoms with Crippen molar-refractivity contribution in [1.29, 1.82) is 0 Å². The Kier molecular flexibility index (Phi) is 6.57. The zero-order valence-corrected chi connectivity index (χ0v) is 16.0. The van der Waals surface area contributed by atoms with Gasteiger partial charge in [0.05, 0.1) is 19.3 Å². The fourth-order valence-electron chi connectivity index (χ4n) is 3.48. The Morgan fingerprint density at radius 3 is 2.32 bits per heavy atom. The average Bonchev–Trinajstić information content (AvgIpc) is 3.10. The Morgan fingerprint density at radius 2 is 1.71 bits per heavy atom. The maximum absolute atomic E-state index is 13.3. The topological polar surface area (TPSA) is 35.5 Å². The van der Waals surface area contributed by atoms with E-state index in [1.54, 1.807) is 44.2 Å². The van der Waals surface area contributed by atoms with E-state index in [1.807, 2.05) is 0 Å². The third-order valence-corrected chi connectivity index (χ3v) is 5.26. The first kappa shape index (κ1) is 20.2. The molecule has 148 valence electrons. The SMILES string of the molecule is C/C=C(/C)C(=O)OC[C@H]1[C@@H](Cc2ccc(F)cc2)CO[C@@H]1c1ccc(F)cc1. The number of hydrogen-bond acceptors (Lipinski definition) is 3. The Hall–Kier alpha value is -2.53. The van der Waals surface area contributed by atoms with Gasteiger partial charge in [-0.25, -0.2) is 13.6 Å². The first-order valence-electron chi connectivity index (χ1n) is 9.39. The molecule has 0 radical (unpaired) electrons. The Bertz CT molecular complexity index is 828. The van der Waals surface area contributed by atoms with Crippen molar-refractivity contribution >= 4 is 5.97 Å². The quantitative estimate of drug-likeness (QED) is 0.517. The van der Waals surface area contributed by atoms with Gasteiger partial charge in [0.2, 0.25) is 0 Å². The molecule has 2 aromatic carbocycles. The van der Waals surface area contributed by atoms with E-state index in [0.717, 1.165) is 11.1 Å². The fourth-order valence-corrected chi connectivity index (χ4v) is 3.48. The van der Waals surface area contributed by atoms with Crippen LogP contribution in [0.5, 0.6) is 0 Å². The molecule has 1 fully saturated rings. The number of benzene rings is 2. The van der Waals surface area contributed by atoms with E-state index in [-0.39, 0.29) is 42.2 Å². The van der Waals surface area contributed by atoms with Gasteiger partial charge in [0.25, 0.3) is 0 Å². The number of hydrogen-bond donors (Lipinski definition) is 0. The molecule has 0 bridgehead atoms. The highest BCUT2D eigenvalue weighted by Gasteiger charge is 2.39. The predicted molar refractivity (Wildman–Crippen MR) is 103 cm³/mol. The Balaban J connectivity index is 1.78. The molecule has 1 aliphatic rings. The molecule has 1 saturated heterocycles. The summed E-state index contributed by atoms with van der Waals surface area (Å²) in [6, 6.07) is 12.6. The Morgan fingerprint density at radius 1 is 1.11 bits per heavy atom. The van der Waals surface area contributed by atoms with Crippen molar-refractivity contribution in [2.75, 3.05) is 13.2 Å². The van der Waals surface area contributed by atoms with E-state index < -0.39 is 0 Å². The lowest BCUT2D eigenvalue weighted by Crippen LogP contribution is -2.24. The molecule has 0 saturated carbocycles. The predicted octanol–water partition coefficient (Wildman–Crippen LogP) is 5.02. The molecular weight excluding hydrogens is 362 g/mol. The molecule has 0 aliphatic carbocycles. The highest BCUT2D eigenvalue weighted by molar-refractivity contribution is 5.87. The second-order valence-electron chi connectivity index (χ2n) is 7.13. The summed E-state index contributed by atoms with van der Waals surface area (Å²) in [7, 11) is 0. The van der Waals surface area contributed by atoms with E-state index in [0.29, 0.717) is 18.6 Å². The van der Waals surface area contributed by atoms with Crippen molar-refractivity contribution in [1.82, 2.24) is 0 Å². The molecule has 5 heteroatoms. The normalized spacial score (nSPS) is 22.3. The summed E-state index contributed by atoms with van der Waals surface area (Å²) in [4.78, 5) is 12.1. The van der Waals surface area contributed by atoms with Gasteiger partial charge in [-0.3, -0.25) is 0 Å². The van der Waals surface area contributed by atoms with Crippen LogP contribution in [0.2, 0.25) is 0 Å². The van der Waals surface area contributed by atoms with Gasteiger partial charge in [-0.15, -0.1) is 0 Å². The van der Waals surface area contributed by atoms with Gasteiger partial charge >= 0.3 is 5.97 Å². The van der Waals surface area contributed by atoms with Gasteiger partial charge in [-0.2, -0.15) is 0 Å². The van der Waals surface area contributed by atoms with Crippen molar-refractivity contribution in [3.05, 3.63) is 82.9 Å². The molecule has 0 aromatic heterocycles. The van der Waals surface area contributed by atoms with Crippen LogP contribution in [0.4, 0.5) is 8.78 Å². The number of halogens is 2. The van der Waals surface area contributed by atoms with E-state index in [4.69, 9.17) is 9.47 Å². The van der Waals surface area contributed by atoms with Gasteiger partial charge in [0.1, 0.15) is 11.6 Å². The first-order chi connectivity index (χ1) is 13.5. The second kappa shape index (κ2) is 9.11. The van der Waals surface area contributed by atoms with Gasteiger partial charge in [-0.1, -0.05) is 30.3 Å². The lowest BCUT2D eigenvalue weighted by atomic mass is 9.84. The van der Waals surface area contributed by atoms with Crippen LogP contribution in [0.15, 0.2) is 60.2 Å². The fraction of sp³-hybridized carbons (Fsp3) is 0.348.